The molecular weight excluding hydrogens is 184 g/mol. The van der Waals surface area contributed by atoms with Gasteiger partial charge in [0.25, 0.3) is 0 Å². The van der Waals surface area contributed by atoms with E-state index >= 15 is 0 Å². The average Bonchev–Trinajstić information content (AvgIpc) is 2.00. The molecule has 0 amide bonds. The Hall–Kier alpha value is -1.58. The van der Waals surface area contributed by atoms with Crippen LogP contribution in [0, 0.1) is 0 Å². The van der Waals surface area contributed by atoms with E-state index in [9.17, 15) is 9.59 Å². The summed E-state index contributed by atoms with van der Waals surface area (Å²) in [5.41, 5.74) is 0.997. The standard InChI is InChI=1S/C10H14O4/c1-7(2)4-3-5-8(10(13)14)6-9(11)12/h4-5H,3,6H2,1-2H3,(H,11,12)(H,13,14). The maximum atomic E-state index is 10.6. The van der Waals surface area contributed by atoms with Gasteiger partial charge in [0.15, 0.2) is 0 Å². The third kappa shape index (κ3) is 5.99. The van der Waals surface area contributed by atoms with Crippen molar-refractivity contribution in [3.05, 3.63) is 23.3 Å². The molecule has 0 radical (unpaired) electrons. The van der Waals surface area contributed by atoms with E-state index in [4.69, 9.17) is 10.2 Å². The number of carbonyl (C=O) groups is 2. The van der Waals surface area contributed by atoms with Gasteiger partial charge < -0.3 is 10.2 Å². The highest BCUT2D eigenvalue weighted by atomic mass is 16.4. The Morgan fingerprint density at radius 3 is 2.07 bits per heavy atom. The minimum Gasteiger partial charge on any atom is -0.481 e. The van der Waals surface area contributed by atoms with Crippen molar-refractivity contribution in [2.75, 3.05) is 0 Å². The second-order valence-corrected chi connectivity index (χ2v) is 3.12. The van der Waals surface area contributed by atoms with Crippen molar-refractivity contribution < 1.29 is 19.8 Å². The highest BCUT2D eigenvalue weighted by Gasteiger charge is 2.10. The molecule has 78 valence electrons. The van der Waals surface area contributed by atoms with Crippen molar-refractivity contribution in [1.82, 2.24) is 0 Å². The molecule has 0 heterocycles. The van der Waals surface area contributed by atoms with E-state index in [0.29, 0.717) is 6.42 Å². The molecule has 0 rings (SSSR count). The lowest BCUT2D eigenvalue weighted by atomic mass is 10.1. The zero-order chi connectivity index (χ0) is 11.1. The van der Waals surface area contributed by atoms with Crippen LogP contribution in [0.2, 0.25) is 0 Å². The lowest BCUT2D eigenvalue weighted by molar-refractivity contribution is -0.139. The summed E-state index contributed by atoms with van der Waals surface area (Å²) >= 11 is 0. The first-order valence-electron chi connectivity index (χ1n) is 4.21. The quantitative estimate of drug-likeness (QED) is 0.522. The number of hydrogen-bond donors (Lipinski definition) is 2. The predicted molar refractivity (Wildman–Crippen MR) is 52.0 cm³/mol. The van der Waals surface area contributed by atoms with Gasteiger partial charge in [-0.15, -0.1) is 0 Å². The van der Waals surface area contributed by atoms with Crippen LogP contribution in [0.4, 0.5) is 0 Å². The van der Waals surface area contributed by atoms with E-state index < -0.39 is 18.4 Å². The largest absolute Gasteiger partial charge is 0.481 e. The summed E-state index contributed by atoms with van der Waals surface area (Å²) in [6.07, 6.45) is 3.28. The molecule has 0 fully saturated rings. The van der Waals surface area contributed by atoms with Crippen LogP contribution in [-0.2, 0) is 9.59 Å². The first-order chi connectivity index (χ1) is 6.43. The highest BCUT2D eigenvalue weighted by molar-refractivity contribution is 5.92. The third-order valence-corrected chi connectivity index (χ3v) is 1.51. The molecule has 0 aliphatic carbocycles. The van der Waals surface area contributed by atoms with Gasteiger partial charge in [0, 0.05) is 5.57 Å². The molecule has 4 heteroatoms. The average molecular weight is 198 g/mol. The molecule has 0 bridgehead atoms. The van der Waals surface area contributed by atoms with Gasteiger partial charge in [0.1, 0.15) is 0 Å². The minimum atomic E-state index is -1.17. The SMILES string of the molecule is CC(C)=CCC=C(CC(=O)O)C(=O)O. The van der Waals surface area contributed by atoms with Crippen LogP contribution in [-0.4, -0.2) is 22.2 Å². The smallest absolute Gasteiger partial charge is 0.331 e. The van der Waals surface area contributed by atoms with E-state index in [-0.39, 0.29) is 5.57 Å². The molecule has 2 N–H and O–H groups in total. The maximum absolute atomic E-state index is 10.6. The molecule has 0 aromatic carbocycles. The van der Waals surface area contributed by atoms with Gasteiger partial charge >= 0.3 is 11.9 Å². The van der Waals surface area contributed by atoms with Gasteiger partial charge in [-0.3, -0.25) is 4.79 Å². The van der Waals surface area contributed by atoms with E-state index in [1.807, 2.05) is 19.9 Å². The zero-order valence-electron chi connectivity index (χ0n) is 8.28. The van der Waals surface area contributed by atoms with Gasteiger partial charge in [-0.1, -0.05) is 17.7 Å². The van der Waals surface area contributed by atoms with Crippen molar-refractivity contribution in [2.24, 2.45) is 0 Å². The van der Waals surface area contributed by atoms with E-state index in [0.717, 1.165) is 5.57 Å². The predicted octanol–water partition coefficient (Wildman–Crippen LogP) is 1.83. The first kappa shape index (κ1) is 12.4. The highest BCUT2D eigenvalue weighted by Crippen LogP contribution is 2.05. The topological polar surface area (TPSA) is 74.6 Å². The second kappa shape index (κ2) is 5.96. The zero-order valence-corrected chi connectivity index (χ0v) is 8.28. The van der Waals surface area contributed by atoms with Crippen LogP contribution < -0.4 is 0 Å². The van der Waals surface area contributed by atoms with Crippen LogP contribution in [0.5, 0.6) is 0 Å². The summed E-state index contributed by atoms with van der Waals surface area (Å²) < 4.78 is 0. The van der Waals surface area contributed by atoms with Crippen LogP contribution in [0.1, 0.15) is 26.7 Å². The van der Waals surface area contributed by atoms with Gasteiger partial charge in [0.05, 0.1) is 6.42 Å². The van der Waals surface area contributed by atoms with Crippen molar-refractivity contribution in [1.29, 1.82) is 0 Å². The number of carboxylic acid groups (broad SMARTS) is 2. The number of allylic oxidation sites excluding steroid dienone is 3. The molecule has 0 atom stereocenters. The molecule has 4 nitrogen and oxygen atoms in total. The van der Waals surface area contributed by atoms with Gasteiger partial charge in [-0.05, 0) is 20.3 Å². The minimum absolute atomic E-state index is 0.0741. The maximum Gasteiger partial charge on any atom is 0.331 e. The van der Waals surface area contributed by atoms with E-state index in [2.05, 4.69) is 0 Å². The Balaban J connectivity index is 4.41. The summed E-state index contributed by atoms with van der Waals surface area (Å²) in [6.45, 7) is 3.79. The first-order valence-corrected chi connectivity index (χ1v) is 4.21. The van der Waals surface area contributed by atoms with Crippen molar-refractivity contribution in [3.8, 4) is 0 Å². The Bertz CT molecular complexity index is 282. The summed E-state index contributed by atoms with van der Waals surface area (Å²) in [5, 5.41) is 17.1. The number of rotatable bonds is 5. The van der Waals surface area contributed by atoms with Crippen molar-refractivity contribution >= 4 is 11.9 Å². The Kier molecular flexibility index (Phi) is 5.29. The third-order valence-electron chi connectivity index (χ3n) is 1.51. The fraction of sp³-hybridized carbons (Fsp3) is 0.400. The molecule has 0 spiro atoms. The van der Waals surface area contributed by atoms with Crippen LogP contribution >= 0.6 is 0 Å². The molecular formula is C10H14O4. The molecule has 0 saturated heterocycles. The van der Waals surface area contributed by atoms with Gasteiger partial charge in [-0.25, -0.2) is 4.79 Å². The van der Waals surface area contributed by atoms with Crippen LogP contribution in [0.15, 0.2) is 23.3 Å². The number of hydrogen-bond acceptors (Lipinski definition) is 2. The summed E-state index contributed by atoms with van der Waals surface area (Å²) in [4.78, 5) is 20.8. The molecule has 0 saturated carbocycles. The van der Waals surface area contributed by atoms with E-state index in [1.165, 1.54) is 6.08 Å². The van der Waals surface area contributed by atoms with Crippen LogP contribution in [0.3, 0.4) is 0 Å². The summed E-state index contributed by atoms with van der Waals surface area (Å²) in [6, 6.07) is 0. The molecule has 0 unspecified atom stereocenters. The Labute approximate surface area is 82.6 Å². The summed E-state index contributed by atoms with van der Waals surface area (Å²) in [5.74, 6) is -2.30. The Morgan fingerprint density at radius 1 is 1.14 bits per heavy atom. The molecule has 0 aliphatic heterocycles. The Morgan fingerprint density at radius 2 is 1.71 bits per heavy atom. The van der Waals surface area contributed by atoms with Crippen LogP contribution in [0.25, 0.3) is 0 Å². The second-order valence-electron chi connectivity index (χ2n) is 3.12. The van der Waals surface area contributed by atoms with Gasteiger partial charge in [0.2, 0.25) is 0 Å². The fourth-order valence-corrected chi connectivity index (χ4v) is 0.835. The number of aliphatic carboxylic acids is 2. The van der Waals surface area contributed by atoms with E-state index in [1.54, 1.807) is 0 Å². The molecule has 0 aromatic heterocycles. The molecule has 0 aromatic rings. The molecule has 14 heavy (non-hydrogen) atoms. The molecule has 0 aliphatic rings. The summed E-state index contributed by atoms with van der Waals surface area (Å²) in [7, 11) is 0. The number of carboxylic acids is 2. The van der Waals surface area contributed by atoms with Crippen molar-refractivity contribution in [3.63, 3.8) is 0 Å². The fourth-order valence-electron chi connectivity index (χ4n) is 0.835. The van der Waals surface area contributed by atoms with Gasteiger partial charge in [-0.2, -0.15) is 0 Å². The lowest BCUT2D eigenvalue weighted by Gasteiger charge is -1.96. The monoisotopic (exact) mass is 198 g/mol. The van der Waals surface area contributed by atoms with Crippen molar-refractivity contribution in [2.45, 2.75) is 26.7 Å². The normalized spacial score (nSPS) is 10.9. The lowest BCUT2D eigenvalue weighted by Crippen LogP contribution is -2.06.